The molecule has 5 nitrogen and oxygen atoms in total. The van der Waals surface area contributed by atoms with Gasteiger partial charge in [0.2, 0.25) is 0 Å². The van der Waals surface area contributed by atoms with Gasteiger partial charge >= 0.3 is 17.8 Å². The van der Waals surface area contributed by atoms with E-state index >= 15 is 0 Å². The van der Waals surface area contributed by atoms with Crippen LogP contribution in [0.25, 0.3) is 0 Å². The molecule has 0 aliphatic carbocycles. The second kappa shape index (κ2) is 10.4. The summed E-state index contributed by atoms with van der Waals surface area (Å²) in [6.07, 6.45) is 0.685. The van der Waals surface area contributed by atoms with Crippen LogP contribution in [0, 0.1) is 0 Å². The standard InChI is InChI=1S/C6H16O3Si.C3H10O2Si/c1-5-6(7)10(4,8-2)9-3;1-4-6(3)5-2/h6-7H,5H2,1-4H3;6H,1-3H3. The zero-order valence-corrected chi connectivity index (χ0v) is 13.6. The van der Waals surface area contributed by atoms with Crippen molar-refractivity contribution in [3.63, 3.8) is 0 Å². The molecule has 0 aliphatic heterocycles. The smallest absolute Gasteiger partial charge is 0.364 e. The maximum atomic E-state index is 9.39. The summed E-state index contributed by atoms with van der Waals surface area (Å²) < 4.78 is 19.8. The van der Waals surface area contributed by atoms with Gasteiger partial charge in [0.1, 0.15) is 0 Å². The Balaban J connectivity index is 0. The molecule has 1 N–H and O–H groups in total. The fourth-order valence-corrected chi connectivity index (χ4v) is 2.47. The zero-order chi connectivity index (χ0) is 13.2. The van der Waals surface area contributed by atoms with Crippen molar-refractivity contribution in [3.8, 4) is 0 Å². The first-order chi connectivity index (χ1) is 7.41. The van der Waals surface area contributed by atoms with Gasteiger partial charge in [-0.05, 0) is 19.5 Å². The average molecular weight is 270 g/mol. The van der Waals surface area contributed by atoms with Crippen molar-refractivity contribution in [1.29, 1.82) is 0 Å². The fourth-order valence-electron chi connectivity index (χ4n) is 0.822. The molecule has 0 aromatic carbocycles. The minimum absolute atomic E-state index is 0.428. The maximum absolute atomic E-state index is 9.39. The van der Waals surface area contributed by atoms with Crippen molar-refractivity contribution in [1.82, 2.24) is 0 Å². The van der Waals surface area contributed by atoms with Gasteiger partial charge < -0.3 is 22.8 Å². The average Bonchev–Trinajstić information content (AvgIpc) is 2.36. The van der Waals surface area contributed by atoms with Crippen molar-refractivity contribution in [3.05, 3.63) is 0 Å². The van der Waals surface area contributed by atoms with Crippen molar-refractivity contribution in [2.45, 2.75) is 32.2 Å². The van der Waals surface area contributed by atoms with Crippen molar-refractivity contribution >= 4 is 17.8 Å². The predicted molar refractivity (Wildman–Crippen MR) is 69.0 cm³/mol. The van der Waals surface area contributed by atoms with Crippen LogP contribution in [0.3, 0.4) is 0 Å². The van der Waals surface area contributed by atoms with Crippen LogP contribution in [0.5, 0.6) is 0 Å². The van der Waals surface area contributed by atoms with E-state index in [0.29, 0.717) is 6.42 Å². The second-order valence-electron chi connectivity index (χ2n) is 3.39. The van der Waals surface area contributed by atoms with Crippen LogP contribution in [0.2, 0.25) is 13.1 Å². The van der Waals surface area contributed by atoms with Crippen molar-refractivity contribution < 1.29 is 22.8 Å². The Kier molecular flexibility index (Phi) is 12.1. The van der Waals surface area contributed by atoms with Crippen LogP contribution in [0.15, 0.2) is 0 Å². The molecule has 0 bridgehead atoms. The normalized spacial score (nSPS) is 13.3. The summed E-state index contributed by atoms with van der Waals surface area (Å²) in [7, 11) is 3.08. The van der Waals surface area contributed by atoms with Gasteiger partial charge in [0.25, 0.3) is 0 Å². The lowest BCUT2D eigenvalue weighted by molar-refractivity contribution is 0.142. The molecule has 1 unspecified atom stereocenters. The molecule has 0 radical (unpaired) electrons. The number of hydrogen-bond acceptors (Lipinski definition) is 5. The molecular formula is C9H26O5Si2. The highest BCUT2D eigenvalue weighted by molar-refractivity contribution is 6.67. The summed E-state index contributed by atoms with van der Waals surface area (Å²) in [5.74, 6) is 0. The van der Waals surface area contributed by atoms with Gasteiger partial charge in [-0.2, -0.15) is 0 Å². The van der Waals surface area contributed by atoms with Crippen LogP contribution in [-0.4, -0.2) is 57.1 Å². The van der Waals surface area contributed by atoms with Gasteiger partial charge in [-0.1, -0.05) is 6.92 Å². The van der Waals surface area contributed by atoms with Gasteiger partial charge in [0.05, 0.1) is 5.73 Å². The lowest BCUT2D eigenvalue weighted by Gasteiger charge is -2.26. The van der Waals surface area contributed by atoms with Crippen LogP contribution in [0.1, 0.15) is 13.3 Å². The number of rotatable bonds is 6. The highest BCUT2D eigenvalue weighted by atomic mass is 28.4. The maximum Gasteiger partial charge on any atom is 0.364 e. The Bertz CT molecular complexity index is 151. The summed E-state index contributed by atoms with van der Waals surface area (Å²) in [6.45, 7) is 5.73. The number of aliphatic hydroxyl groups is 1. The number of hydrogen-bond donors (Lipinski definition) is 1. The van der Waals surface area contributed by atoms with Gasteiger partial charge in [-0.25, -0.2) is 0 Å². The molecule has 1 atom stereocenters. The van der Waals surface area contributed by atoms with Gasteiger partial charge in [0, 0.05) is 28.4 Å². The largest absolute Gasteiger partial charge is 0.400 e. The molecule has 16 heavy (non-hydrogen) atoms. The first-order valence-electron chi connectivity index (χ1n) is 5.25. The lowest BCUT2D eigenvalue weighted by Crippen LogP contribution is -2.48. The summed E-state index contributed by atoms with van der Waals surface area (Å²) >= 11 is 0. The van der Waals surface area contributed by atoms with Gasteiger partial charge in [0.15, 0.2) is 0 Å². The highest BCUT2D eigenvalue weighted by Crippen LogP contribution is 2.12. The first-order valence-corrected chi connectivity index (χ1v) is 9.74. The van der Waals surface area contributed by atoms with E-state index in [-0.39, 0.29) is 0 Å². The van der Waals surface area contributed by atoms with Crippen LogP contribution in [0.4, 0.5) is 0 Å². The Morgan fingerprint density at radius 3 is 1.56 bits per heavy atom. The molecule has 0 fully saturated rings. The quantitative estimate of drug-likeness (QED) is 0.723. The summed E-state index contributed by atoms with van der Waals surface area (Å²) in [6, 6.07) is 0. The second-order valence-corrected chi connectivity index (χ2v) is 8.98. The molecule has 0 rings (SSSR count). The molecule has 0 aliphatic rings. The molecule has 7 heteroatoms. The summed E-state index contributed by atoms with van der Waals surface area (Å²) in [5, 5.41) is 9.39. The zero-order valence-electron chi connectivity index (χ0n) is 11.4. The van der Waals surface area contributed by atoms with E-state index in [2.05, 4.69) is 0 Å². The molecule has 0 saturated carbocycles. The monoisotopic (exact) mass is 270 g/mol. The summed E-state index contributed by atoms with van der Waals surface area (Å²) in [4.78, 5) is 0. The Labute approximate surface area is 102 Å². The van der Waals surface area contributed by atoms with Crippen LogP contribution in [-0.2, 0) is 17.7 Å². The topological polar surface area (TPSA) is 57.2 Å². The molecule has 0 aromatic rings. The van der Waals surface area contributed by atoms with Gasteiger partial charge in [-0.3, -0.25) is 0 Å². The van der Waals surface area contributed by atoms with E-state index in [1.807, 2.05) is 20.0 Å². The summed E-state index contributed by atoms with van der Waals surface area (Å²) in [5.41, 5.74) is -0.428. The third-order valence-electron chi connectivity index (χ3n) is 2.47. The molecule has 100 valence electrons. The molecule has 0 saturated heterocycles. The van der Waals surface area contributed by atoms with E-state index in [9.17, 15) is 5.11 Å². The minimum Gasteiger partial charge on any atom is -0.400 e. The third-order valence-corrected chi connectivity index (χ3v) is 7.03. The Hall–Kier alpha value is 0.234. The van der Waals surface area contributed by atoms with Crippen molar-refractivity contribution in [2.75, 3.05) is 28.4 Å². The van der Waals surface area contributed by atoms with Crippen LogP contribution < -0.4 is 0 Å². The van der Waals surface area contributed by atoms with Crippen molar-refractivity contribution in [2.24, 2.45) is 0 Å². The van der Waals surface area contributed by atoms with E-state index in [4.69, 9.17) is 17.7 Å². The molecular weight excluding hydrogens is 244 g/mol. The Morgan fingerprint density at radius 1 is 1.12 bits per heavy atom. The fraction of sp³-hybridized carbons (Fsp3) is 1.00. The lowest BCUT2D eigenvalue weighted by atomic mass is 10.5. The highest BCUT2D eigenvalue weighted by Gasteiger charge is 2.36. The van der Waals surface area contributed by atoms with Gasteiger partial charge in [-0.15, -0.1) is 0 Å². The molecule has 0 amide bonds. The molecule has 0 heterocycles. The number of aliphatic hydroxyl groups excluding tert-OH is 1. The predicted octanol–water partition coefficient (Wildman–Crippen LogP) is 0.791. The third kappa shape index (κ3) is 7.50. The SMILES string of the molecule is CCC(O)[Si](C)(OC)OC.CO[SiH](C)OC. The van der Waals surface area contributed by atoms with Crippen LogP contribution >= 0.6 is 0 Å². The van der Waals surface area contributed by atoms with E-state index in [1.165, 1.54) is 0 Å². The van der Waals surface area contributed by atoms with E-state index in [0.717, 1.165) is 0 Å². The molecule has 0 aromatic heterocycles. The van der Waals surface area contributed by atoms with E-state index < -0.39 is 23.6 Å². The first kappa shape index (κ1) is 18.6. The molecule has 0 spiro atoms. The van der Waals surface area contributed by atoms with E-state index in [1.54, 1.807) is 28.4 Å². The Morgan fingerprint density at radius 2 is 1.50 bits per heavy atom. The minimum atomic E-state index is -2.25.